The number of carbonyl (C=O) groups is 1. The number of fused-ring (bicyclic) bond motifs is 2. The van der Waals surface area contributed by atoms with Crippen LogP contribution in [0.4, 0.5) is 14.6 Å². The molecular weight excluding hydrogens is 546 g/mol. The molecule has 2 aliphatic carbocycles. The Morgan fingerprint density at radius 1 is 1.23 bits per heavy atom. The topological polar surface area (TPSA) is 134 Å². The molecule has 0 unspecified atom stereocenters. The van der Waals surface area contributed by atoms with Crippen molar-refractivity contribution in [1.82, 2.24) is 25.0 Å². The number of rotatable bonds is 10. The van der Waals surface area contributed by atoms with E-state index in [1.807, 2.05) is 0 Å². The molecule has 3 heterocycles. The van der Waals surface area contributed by atoms with Gasteiger partial charge in [-0.1, -0.05) is 30.0 Å². The molecule has 1 saturated heterocycles. The number of benzene rings is 1. The van der Waals surface area contributed by atoms with E-state index in [4.69, 9.17) is 29.3 Å². The summed E-state index contributed by atoms with van der Waals surface area (Å²) < 4.78 is 46.9. The van der Waals surface area contributed by atoms with E-state index >= 15 is 0 Å². The molecule has 0 spiro atoms. The number of anilines is 1. The number of hydrogen-bond donors (Lipinski definition) is 2. The highest BCUT2D eigenvalue weighted by Gasteiger charge is 2.56. The average molecular weight is 577 g/mol. The van der Waals surface area contributed by atoms with E-state index in [-0.39, 0.29) is 18.0 Å². The van der Waals surface area contributed by atoms with E-state index in [2.05, 4.69) is 22.6 Å². The zero-order valence-corrected chi connectivity index (χ0v) is 23.0. The number of hydrogen-bond acceptors (Lipinski definition) is 10. The van der Waals surface area contributed by atoms with Gasteiger partial charge in [-0.15, -0.1) is 5.10 Å². The fourth-order valence-electron chi connectivity index (χ4n) is 5.52. The molecule has 14 heteroatoms. The molecule has 0 bridgehead atoms. The molecule has 1 aromatic carbocycles. The van der Waals surface area contributed by atoms with Crippen molar-refractivity contribution >= 4 is 34.7 Å². The first-order chi connectivity index (χ1) is 19.1. The average Bonchev–Trinajstić information content (AvgIpc) is 3.24. The molecule has 2 saturated carbocycles. The Labute approximate surface area is 233 Å². The highest BCUT2D eigenvalue weighted by molar-refractivity contribution is 7.99. The third kappa shape index (κ3) is 5.24. The molecule has 6 atom stereocenters. The number of aromatic nitrogens is 5. The first-order valence-corrected chi connectivity index (χ1v) is 14.3. The minimum Gasteiger partial charge on any atom is -0.480 e. The molecule has 11 nitrogen and oxygen atoms in total. The number of thioether (sulfide) groups is 1. The van der Waals surface area contributed by atoms with Crippen LogP contribution in [0, 0.1) is 11.6 Å². The summed E-state index contributed by atoms with van der Waals surface area (Å²) in [4.78, 5) is 20.7. The van der Waals surface area contributed by atoms with E-state index < -0.39 is 48.3 Å². The molecule has 2 aromatic heterocycles. The van der Waals surface area contributed by atoms with Gasteiger partial charge in [-0.25, -0.2) is 28.2 Å². The second-order valence-electron chi connectivity index (χ2n) is 10.8. The van der Waals surface area contributed by atoms with Crippen molar-refractivity contribution in [2.75, 3.05) is 17.7 Å². The SMILES string of the molecule is CCCSc1nc(N[C@@H]2C[C@H]2c2ccc(F)c(F)c2)c2nnn([C@@H]3C[C@H](OCC(=O)O)[C@H]4OC(C)(C)O[C@H]43)c2n1. The number of aliphatic carboxylic acids is 1. The van der Waals surface area contributed by atoms with Gasteiger partial charge in [-0.05, 0) is 44.4 Å². The highest BCUT2D eigenvalue weighted by Crippen LogP contribution is 2.46. The number of nitrogens with zero attached hydrogens (tertiary/aromatic N) is 5. The van der Waals surface area contributed by atoms with Crippen molar-refractivity contribution < 1.29 is 32.9 Å². The fourth-order valence-corrected chi connectivity index (χ4v) is 6.22. The van der Waals surface area contributed by atoms with Crippen molar-refractivity contribution in [1.29, 1.82) is 0 Å². The Kier molecular flexibility index (Phi) is 7.13. The van der Waals surface area contributed by atoms with Crippen LogP contribution in [-0.4, -0.2) is 78.5 Å². The third-order valence-electron chi connectivity index (χ3n) is 7.34. The maximum atomic E-state index is 13.8. The van der Waals surface area contributed by atoms with Gasteiger partial charge in [0, 0.05) is 24.1 Å². The van der Waals surface area contributed by atoms with Crippen LogP contribution in [0.5, 0.6) is 0 Å². The Balaban J connectivity index is 1.31. The zero-order valence-electron chi connectivity index (χ0n) is 22.2. The maximum Gasteiger partial charge on any atom is 0.329 e. The lowest BCUT2D eigenvalue weighted by molar-refractivity contribution is -0.173. The number of halogens is 2. The summed E-state index contributed by atoms with van der Waals surface area (Å²) in [6, 6.07) is 3.59. The summed E-state index contributed by atoms with van der Waals surface area (Å²) in [7, 11) is 0. The van der Waals surface area contributed by atoms with Gasteiger partial charge in [0.05, 0.1) is 12.1 Å². The second kappa shape index (κ2) is 10.5. The molecule has 3 aliphatic rings. The summed E-state index contributed by atoms with van der Waals surface area (Å²) >= 11 is 1.52. The lowest BCUT2D eigenvalue weighted by Crippen LogP contribution is -2.32. The van der Waals surface area contributed by atoms with Crippen LogP contribution in [0.25, 0.3) is 11.2 Å². The molecular formula is C26H30F2N6O5S. The van der Waals surface area contributed by atoms with E-state index in [0.717, 1.165) is 30.2 Å². The van der Waals surface area contributed by atoms with Gasteiger partial charge < -0.3 is 24.6 Å². The van der Waals surface area contributed by atoms with E-state index in [1.54, 1.807) is 24.6 Å². The third-order valence-corrected chi connectivity index (χ3v) is 8.39. The lowest BCUT2D eigenvalue weighted by Gasteiger charge is -2.23. The van der Waals surface area contributed by atoms with Gasteiger partial charge >= 0.3 is 5.97 Å². The quantitative estimate of drug-likeness (QED) is 0.269. The Hall–Kier alpha value is -2.94. The second-order valence-corrected chi connectivity index (χ2v) is 11.8. The predicted molar refractivity (Wildman–Crippen MR) is 140 cm³/mol. The Bertz CT molecular complexity index is 1440. The molecule has 2 N–H and O–H groups in total. The van der Waals surface area contributed by atoms with Crippen LogP contribution in [0.1, 0.15) is 57.6 Å². The summed E-state index contributed by atoms with van der Waals surface area (Å²) in [5, 5.41) is 22.0. The zero-order chi connectivity index (χ0) is 28.2. The number of carboxylic acids is 1. The molecule has 3 aromatic rings. The van der Waals surface area contributed by atoms with E-state index in [9.17, 15) is 13.6 Å². The van der Waals surface area contributed by atoms with Crippen LogP contribution in [0.15, 0.2) is 23.4 Å². The summed E-state index contributed by atoms with van der Waals surface area (Å²) in [6.07, 6.45) is 0.638. The van der Waals surface area contributed by atoms with Gasteiger partial charge in [0.2, 0.25) is 0 Å². The fraction of sp³-hybridized carbons (Fsp3) is 0.577. The standard InChI is InChI=1S/C26H30F2N6O5S/c1-4-7-40-25-30-23(29-16-9-13(16)12-5-6-14(27)15(28)8-12)20-24(31-25)34(33-32-20)17-10-18(37-11-19(35)36)22-21(17)38-26(2,3)39-22/h5-6,8,13,16-18,21-22H,4,7,9-11H2,1-3H3,(H,35,36)(H,29,30,31)/t13-,16+,17+,18-,21-,22+/m0/s1. The molecule has 0 radical (unpaired) electrons. The monoisotopic (exact) mass is 576 g/mol. The summed E-state index contributed by atoms with van der Waals surface area (Å²) in [6.45, 7) is 5.23. The molecule has 3 fully saturated rings. The maximum absolute atomic E-state index is 13.8. The molecule has 214 valence electrons. The van der Waals surface area contributed by atoms with E-state index in [0.29, 0.717) is 28.6 Å². The number of nitrogens with one attached hydrogen (secondary N) is 1. The first-order valence-electron chi connectivity index (χ1n) is 13.3. The normalized spacial score (nSPS) is 28.6. The Morgan fingerprint density at radius 3 is 2.77 bits per heavy atom. The van der Waals surface area contributed by atoms with Crippen LogP contribution in [-0.2, 0) is 19.0 Å². The minimum atomic E-state index is -1.06. The molecule has 1 aliphatic heterocycles. The van der Waals surface area contributed by atoms with Crippen LogP contribution in [0.2, 0.25) is 0 Å². The van der Waals surface area contributed by atoms with Crippen molar-refractivity contribution in [3.8, 4) is 0 Å². The predicted octanol–water partition coefficient (Wildman–Crippen LogP) is 3.90. The van der Waals surface area contributed by atoms with Gasteiger partial charge in [0.25, 0.3) is 0 Å². The minimum absolute atomic E-state index is 0.0101. The van der Waals surface area contributed by atoms with Crippen molar-refractivity contribution in [2.24, 2.45) is 0 Å². The number of carboxylic acid groups (broad SMARTS) is 1. The van der Waals surface area contributed by atoms with Crippen molar-refractivity contribution in [3.05, 3.63) is 35.4 Å². The summed E-state index contributed by atoms with van der Waals surface area (Å²) in [5.41, 5.74) is 1.70. The van der Waals surface area contributed by atoms with Gasteiger partial charge in [-0.3, -0.25) is 0 Å². The largest absolute Gasteiger partial charge is 0.480 e. The molecule has 40 heavy (non-hydrogen) atoms. The van der Waals surface area contributed by atoms with Crippen molar-refractivity contribution in [2.45, 2.75) is 87.3 Å². The van der Waals surface area contributed by atoms with Crippen molar-refractivity contribution in [3.63, 3.8) is 0 Å². The Morgan fingerprint density at radius 2 is 2.02 bits per heavy atom. The van der Waals surface area contributed by atoms with Gasteiger partial charge in [-0.2, -0.15) is 0 Å². The van der Waals surface area contributed by atoms with Crippen LogP contribution >= 0.6 is 11.8 Å². The smallest absolute Gasteiger partial charge is 0.329 e. The van der Waals surface area contributed by atoms with E-state index in [1.165, 1.54) is 17.8 Å². The van der Waals surface area contributed by atoms with Crippen LogP contribution in [0.3, 0.4) is 0 Å². The van der Waals surface area contributed by atoms with Gasteiger partial charge in [0.15, 0.2) is 39.6 Å². The first kappa shape index (κ1) is 27.2. The summed E-state index contributed by atoms with van der Waals surface area (Å²) in [5.74, 6) is -2.33. The highest BCUT2D eigenvalue weighted by atomic mass is 32.2. The van der Waals surface area contributed by atoms with Gasteiger partial charge in [0.1, 0.15) is 18.8 Å². The van der Waals surface area contributed by atoms with Crippen LogP contribution < -0.4 is 5.32 Å². The lowest BCUT2D eigenvalue weighted by atomic mass is 10.1. The molecule has 0 amide bonds. The number of ether oxygens (including phenoxy) is 3. The molecule has 6 rings (SSSR count).